The summed E-state index contributed by atoms with van der Waals surface area (Å²) in [5.41, 5.74) is 1.29. The number of aromatic nitrogens is 1. The summed E-state index contributed by atoms with van der Waals surface area (Å²) in [6, 6.07) is 4.62. The average molecular weight is 220 g/mol. The molecule has 3 nitrogen and oxygen atoms in total. The summed E-state index contributed by atoms with van der Waals surface area (Å²) in [5, 5.41) is 3.37. The molecule has 2 rings (SSSR count). The molecule has 1 aliphatic heterocycles. The lowest BCUT2D eigenvalue weighted by molar-refractivity contribution is 0.0954. The lowest BCUT2D eigenvalue weighted by Gasteiger charge is -2.19. The third kappa shape index (κ3) is 3.29. The Morgan fingerprint density at radius 3 is 3.19 bits per heavy atom. The Morgan fingerprint density at radius 2 is 2.56 bits per heavy atom. The zero-order valence-electron chi connectivity index (χ0n) is 9.86. The molecule has 0 radical (unpaired) electrons. The first-order valence-corrected chi connectivity index (χ1v) is 6.06. The second kappa shape index (κ2) is 5.97. The van der Waals surface area contributed by atoms with Gasteiger partial charge in [0.05, 0.1) is 6.10 Å². The summed E-state index contributed by atoms with van der Waals surface area (Å²) in [4.78, 5) is 4.14. The van der Waals surface area contributed by atoms with E-state index in [1.807, 2.05) is 25.5 Å². The highest BCUT2D eigenvalue weighted by atomic mass is 16.5. The van der Waals surface area contributed by atoms with Gasteiger partial charge in [0.15, 0.2) is 0 Å². The molecular weight excluding hydrogens is 200 g/mol. The highest BCUT2D eigenvalue weighted by molar-refractivity contribution is 5.10. The third-order valence-corrected chi connectivity index (χ3v) is 3.18. The normalized spacial score (nSPS) is 22.2. The zero-order chi connectivity index (χ0) is 11.2. The van der Waals surface area contributed by atoms with E-state index in [4.69, 9.17) is 4.74 Å². The molecule has 1 aliphatic rings. The first kappa shape index (κ1) is 11.6. The molecule has 0 amide bonds. The van der Waals surface area contributed by atoms with Crippen molar-refractivity contribution in [2.45, 2.75) is 37.8 Å². The Labute approximate surface area is 97.2 Å². The molecule has 1 saturated heterocycles. The minimum absolute atomic E-state index is 0.453. The molecule has 2 unspecified atom stereocenters. The predicted octanol–water partition coefficient (Wildman–Crippen LogP) is 1.78. The number of ether oxygens (including phenoxy) is 1. The summed E-state index contributed by atoms with van der Waals surface area (Å²) in [7, 11) is 2.02. The number of likely N-dealkylation sites (N-methyl/N-ethyl adjacent to an activating group) is 1. The third-order valence-electron chi connectivity index (χ3n) is 3.18. The van der Waals surface area contributed by atoms with Crippen LogP contribution in [0.5, 0.6) is 0 Å². The number of hydrogen-bond donors (Lipinski definition) is 1. The molecule has 2 heterocycles. The van der Waals surface area contributed by atoms with Gasteiger partial charge >= 0.3 is 0 Å². The van der Waals surface area contributed by atoms with E-state index < -0.39 is 0 Å². The molecule has 0 spiro atoms. The van der Waals surface area contributed by atoms with Gasteiger partial charge < -0.3 is 10.1 Å². The molecule has 1 aromatic heterocycles. The van der Waals surface area contributed by atoms with Gasteiger partial charge in [-0.25, -0.2) is 0 Å². The minimum Gasteiger partial charge on any atom is -0.378 e. The minimum atomic E-state index is 0.453. The van der Waals surface area contributed by atoms with E-state index in [9.17, 15) is 0 Å². The second-order valence-corrected chi connectivity index (χ2v) is 4.42. The van der Waals surface area contributed by atoms with E-state index in [1.54, 1.807) is 0 Å². The van der Waals surface area contributed by atoms with Gasteiger partial charge in [0.2, 0.25) is 0 Å². The summed E-state index contributed by atoms with van der Waals surface area (Å²) in [5.74, 6) is 0. The first-order valence-electron chi connectivity index (χ1n) is 6.06. The van der Waals surface area contributed by atoms with Gasteiger partial charge in [-0.3, -0.25) is 4.98 Å². The maximum atomic E-state index is 5.67. The van der Waals surface area contributed by atoms with Crippen LogP contribution in [0.4, 0.5) is 0 Å². The van der Waals surface area contributed by atoms with E-state index in [2.05, 4.69) is 16.4 Å². The molecule has 1 N–H and O–H groups in total. The Morgan fingerprint density at radius 1 is 1.62 bits per heavy atom. The number of nitrogens with zero attached hydrogens (tertiary/aromatic N) is 1. The van der Waals surface area contributed by atoms with Gasteiger partial charge in [-0.2, -0.15) is 0 Å². The van der Waals surface area contributed by atoms with Crippen LogP contribution in [0.1, 0.15) is 24.8 Å². The Hall–Kier alpha value is -0.930. The van der Waals surface area contributed by atoms with E-state index in [0.29, 0.717) is 12.1 Å². The summed E-state index contributed by atoms with van der Waals surface area (Å²) >= 11 is 0. The molecule has 0 aromatic carbocycles. The highest BCUT2D eigenvalue weighted by Crippen LogP contribution is 2.18. The van der Waals surface area contributed by atoms with Crippen LogP contribution in [0.3, 0.4) is 0 Å². The van der Waals surface area contributed by atoms with Crippen molar-refractivity contribution < 1.29 is 4.74 Å². The van der Waals surface area contributed by atoms with Gasteiger partial charge in [-0.1, -0.05) is 6.07 Å². The summed E-state index contributed by atoms with van der Waals surface area (Å²) < 4.78 is 5.67. The van der Waals surface area contributed by atoms with Crippen LogP contribution < -0.4 is 5.32 Å². The van der Waals surface area contributed by atoms with Crippen LogP contribution in [0.2, 0.25) is 0 Å². The molecular formula is C13H20N2O. The van der Waals surface area contributed by atoms with Crippen LogP contribution in [0.15, 0.2) is 24.5 Å². The van der Waals surface area contributed by atoms with E-state index in [-0.39, 0.29) is 0 Å². The Bertz CT molecular complexity index is 296. The van der Waals surface area contributed by atoms with E-state index in [1.165, 1.54) is 18.4 Å². The van der Waals surface area contributed by atoms with Gasteiger partial charge in [-0.05, 0) is 44.4 Å². The van der Waals surface area contributed by atoms with Crippen molar-refractivity contribution in [3.05, 3.63) is 30.1 Å². The quantitative estimate of drug-likeness (QED) is 0.821. The largest absolute Gasteiger partial charge is 0.378 e. The molecule has 2 atom stereocenters. The number of nitrogens with one attached hydrogen (secondary N) is 1. The average Bonchev–Trinajstić information content (AvgIpc) is 2.82. The molecule has 1 aromatic rings. The Kier molecular flexibility index (Phi) is 4.31. The van der Waals surface area contributed by atoms with Gasteiger partial charge in [0, 0.05) is 25.0 Å². The molecule has 16 heavy (non-hydrogen) atoms. The van der Waals surface area contributed by atoms with Gasteiger partial charge in [0.1, 0.15) is 0 Å². The van der Waals surface area contributed by atoms with Crippen molar-refractivity contribution >= 4 is 0 Å². The van der Waals surface area contributed by atoms with Crippen molar-refractivity contribution in [2.24, 2.45) is 0 Å². The Balaban J connectivity index is 1.85. The van der Waals surface area contributed by atoms with Gasteiger partial charge in [0.25, 0.3) is 0 Å². The lowest BCUT2D eigenvalue weighted by Crippen LogP contribution is -2.31. The van der Waals surface area contributed by atoms with E-state index >= 15 is 0 Å². The van der Waals surface area contributed by atoms with Crippen LogP contribution in [0, 0.1) is 0 Å². The molecule has 88 valence electrons. The topological polar surface area (TPSA) is 34.2 Å². The molecule has 0 bridgehead atoms. The van der Waals surface area contributed by atoms with Crippen molar-refractivity contribution in [3.63, 3.8) is 0 Å². The smallest absolute Gasteiger partial charge is 0.0590 e. The van der Waals surface area contributed by atoms with Gasteiger partial charge in [-0.15, -0.1) is 0 Å². The fraction of sp³-hybridized carbons (Fsp3) is 0.615. The number of pyridine rings is 1. The monoisotopic (exact) mass is 220 g/mol. The van der Waals surface area contributed by atoms with Crippen LogP contribution in [-0.4, -0.2) is 30.8 Å². The summed E-state index contributed by atoms with van der Waals surface area (Å²) in [6.07, 6.45) is 8.78. The molecule has 1 fully saturated rings. The SMILES string of the molecule is CNC(Cc1cccnc1)CC1CCCO1. The maximum absolute atomic E-state index is 5.67. The predicted molar refractivity (Wildman–Crippen MR) is 64.4 cm³/mol. The van der Waals surface area contributed by atoms with Crippen LogP contribution in [-0.2, 0) is 11.2 Å². The number of hydrogen-bond acceptors (Lipinski definition) is 3. The number of rotatable bonds is 5. The van der Waals surface area contributed by atoms with Crippen molar-refractivity contribution in [2.75, 3.05) is 13.7 Å². The van der Waals surface area contributed by atoms with Crippen LogP contribution in [0.25, 0.3) is 0 Å². The fourth-order valence-corrected chi connectivity index (χ4v) is 2.25. The molecule has 0 saturated carbocycles. The first-order chi connectivity index (χ1) is 7.88. The lowest BCUT2D eigenvalue weighted by atomic mass is 10.0. The highest BCUT2D eigenvalue weighted by Gasteiger charge is 2.19. The van der Waals surface area contributed by atoms with Crippen LogP contribution >= 0.6 is 0 Å². The standard InChI is InChI=1S/C13H20N2O/c1-14-12(9-13-5-3-7-16-13)8-11-4-2-6-15-10-11/h2,4,6,10,12-14H,3,5,7-9H2,1H3. The second-order valence-electron chi connectivity index (χ2n) is 4.42. The zero-order valence-corrected chi connectivity index (χ0v) is 9.86. The summed E-state index contributed by atoms with van der Waals surface area (Å²) in [6.45, 7) is 0.938. The van der Waals surface area contributed by atoms with Crippen molar-refractivity contribution in [1.29, 1.82) is 0 Å². The molecule has 0 aliphatic carbocycles. The maximum Gasteiger partial charge on any atom is 0.0590 e. The molecule has 3 heteroatoms. The van der Waals surface area contributed by atoms with E-state index in [0.717, 1.165) is 19.4 Å². The fourth-order valence-electron chi connectivity index (χ4n) is 2.25. The van der Waals surface area contributed by atoms with Crippen molar-refractivity contribution in [3.8, 4) is 0 Å². The van der Waals surface area contributed by atoms with Crippen molar-refractivity contribution in [1.82, 2.24) is 10.3 Å².